The van der Waals surface area contributed by atoms with Crippen molar-refractivity contribution in [2.24, 2.45) is 5.92 Å². The number of methoxy groups -OCH3 is 1. The van der Waals surface area contributed by atoms with E-state index in [0.29, 0.717) is 25.1 Å². The molecule has 0 saturated carbocycles. The van der Waals surface area contributed by atoms with Gasteiger partial charge in [0.15, 0.2) is 5.76 Å². The number of carbonyl (C=O) groups is 1. The Hall–Kier alpha value is -2.90. The molecule has 0 bridgehead atoms. The molecular weight excluding hydrogens is 384 g/mol. The number of anilines is 1. The molecule has 1 aromatic heterocycles. The Kier molecular flexibility index (Phi) is 7.82. The maximum Gasteiger partial charge on any atom is 0.290 e. The predicted molar refractivity (Wildman–Crippen MR) is 113 cm³/mol. The van der Waals surface area contributed by atoms with Crippen LogP contribution in [-0.2, 0) is 14.3 Å². The summed E-state index contributed by atoms with van der Waals surface area (Å²) in [6, 6.07) is 11.3. The molecule has 0 radical (unpaired) electrons. The molecule has 0 spiro atoms. The summed E-state index contributed by atoms with van der Waals surface area (Å²) in [4.78, 5) is 16.9. The number of nitrogens with one attached hydrogen (secondary N) is 1. The zero-order chi connectivity index (χ0) is 21.3. The summed E-state index contributed by atoms with van der Waals surface area (Å²) in [6.07, 6.45) is 5.79. The van der Waals surface area contributed by atoms with E-state index in [1.165, 1.54) is 0 Å². The number of ether oxygens (including phenoxy) is 3. The summed E-state index contributed by atoms with van der Waals surface area (Å²) < 4.78 is 17.1. The van der Waals surface area contributed by atoms with Crippen molar-refractivity contribution in [1.29, 1.82) is 0 Å². The Labute approximate surface area is 176 Å². The number of aliphatic hydroxyl groups excluding tert-OH is 1. The highest BCUT2D eigenvalue weighted by Crippen LogP contribution is 2.40. The molecule has 1 amide bonds. The molecule has 2 heterocycles. The molecule has 7 nitrogen and oxygen atoms in total. The van der Waals surface area contributed by atoms with Gasteiger partial charge in [0.05, 0.1) is 19.0 Å². The van der Waals surface area contributed by atoms with Crippen molar-refractivity contribution in [3.05, 3.63) is 66.2 Å². The van der Waals surface area contributed by atoms with Crippen molar-refractivity contribution in [3.63, 3.8) is 0 Å². The van der Waals surface area contributed by atoms with Crippen LogP contribution in [0.2, 0.25) is 0 Å². The first-order chi connectivity index (χ1) is 14.7. The van der Waals surface area contributed by atoms with E-state index in [-0.39, 0.29) is 30.1 Å². The molecule has 1 aliphatic rings. The fourth-order valence-corrected chi connectivity index (χ4v) is 3.60. The van der Waals surface area contributed by atoms with Crippen LogP contribution in [0.5, 0.6) is 5.75 Å². The topological polar surface area (TPSA) is 89.9 Å². The number of aromatic nitrogens is 1. The molecule has 1 aliphatic heterocycles. The molecule has 0 saturated heterocycles. The molecule has 7 heteroatoms. The lowest BCUT2D eigenvalue weighted by Gasteiger charge is -2.37. The first kappa shape index (κ1) is 21.8. The number of nitrogens with zero attached hydrogens (tertiary/aromatic N) is 1. The Morgan fingerprint density at radius 1 is 1.27 bits per heavy atom. The lowest BCUT2D eigenvalue weighted by Crippen LogP contribution is -2.37. The van der Waals surface area contributed by atoms with E-state index in [2.05, 4.69) is 10.3 Å². The van der Waals surface area contributed by atoms with Crippen LogP contribution in [0.4, 0.5) is 5.69 Å². The van der Waals surface area contributed by atoms with Crippen LogP contribution in [0.25, 0.3) is 0 Å². The molecular formula is C23H28N2O5. The second kappa shape index (κ2) is 10.8. The standard InChI is InChI=1S/C23H28N2O5/c1-3-29-23-19(7-5-13-26)20(16-8-10-18(28-2)11-9-16)14-21(30-23)22(27)25-17-6-4-12-24-15-17/h4,6,8-12,14-15,19-20,23,26H,3,5,7,13H2,1-2H3,(H,25,27)/t19-,20-,23-/m0/s1. The van der Waals surface area contributed by atoms with Crippen molar-refractivity contribution < 1.29 is 24.1 Å². The van der Waals surface area contributed by atoms with Gasteiger partial charge >= 0.3 is 0 Å². The molecule has 3 atom stereocenters. The molecule has 30 heavy (non-hydrogen) atoms. The Balaban J connectivity index is 1.92. The van der Waals surface area contributed by atoms with E-state index in [1.807, 2.05) is 37.3 Å². The van der Waals surface area contributed by atoms with Gasteiger partial charge in [-0.15, -0.1) is 0 Å². The molecule has 160 valence electrons. The number of hydrogen-bond acceptors (Lipinski definition) is 6. The minimum absolute atomic E-state index is 0.0413. The minimum atomic E-state index is -0.590. The van der Waals surface area contributed by atoms with Crippen LogP contribution in [0.1, 0.15) is 31.2 Å². The minimum Gasteiger partial charge on any atom is -0.497 e. The van der Waals surface area contributed by atoms with Gasteiger partial charge in [-0.2, -0.15) is 0 Å². The maximum absolute atomic E-state index is 12.9. The van der Waals surface area contributed by atoms with Gasteiger partial charge in [-0.3, -0.25) is 9.78 Å². The van der Waals surface area contributed by atoms with Gasteiger partial charge in [0, 0.05) is 31.2 Å². The van der Waals surface area contributed by atoms with E-state index >= 15 is 0 Å². The van der Waals surface area contributed by atoms with Crippen LogP contribution in [0.15, 0.2) is 60.6 Å². The highest BCUT2D eigenvalue weighted by molar-refractivity contribution is 6.02. The van der Waals surface area contributed by atoms with E-state index < -0.39 is 6.29 Å². The fraction of sp³-hybridized carbons (Fsp3) is 0.391. The average Bonchev–Trinajstić information content (AvgIpc) is 2.78. The molecule has 2 aromatic rings. The monoisotopic (exact) mass is 412 g/mol. The number of benzene rings is 1. The molecule has 2 N–H and O–H groups in total. The van der Waals surface area contributed by atoms with Crippen LogP contribution in [0, 0.1) is 5.92 Å². The van der Waals surface area contributed by atoms with E-state index in [1.54, 1.807) is 31.6 Å². The lowest BCUT2D eigenvalue weighted by atomic mass is 9.80. The summed E-state index contributed by atoms with van der Waals surface area (Å²) in [5.41, 5.74) is 1.61. The lowest BCUT2D eigenvalue weighted by molar-refractivity contribution is -0.165. The summed E-state index contributed by atoms with van der Waals surface area (Å²) in [5.74, 6) is 0.464. The van der Waals surface area contributed by atoms with Crippen molar-refractivity contribution in [2.45, 2.75) is 32.0 Å². The quantitative estimate of drug-likeness (QED) is 0.655. The van der Waals surface area contributed by atoms with Gasteiger partial charge < -0.3 is 24.6 Å². The molecule has 0 aliphatic carbocycles. The second-order valence-electron chi connectivity index (χ2n) is 7.00. The molecule has 1 aromatic carbocycles. The Morgan fingerprint density at radius 2 is 2.07 bits per heavy atom. The molecule has 0 fully saturated rings. The number of hydrogen-bond donors (Lipinski definition) is 2. The first-order valence-electron chi connectivity index (χ1n) is 10.1. The summed E-state index contributed by atoms with van der Waals surface area (Å²) in [6.45, 7) is 2.43. The van der Waals surface area contributed by atoms with Gasteiger partial charge in [0.2, 0.25) is 6.29 Å². The van der Waals surface area contributed by atoms with E-state index in [4.69, 9.17) is 14.2 Å². The predicted octanol–water partition coefficient (Wildman–Crippen LogP) is 3.48. The van der Waals surface area contributed by atoms with Crippen molar-refractivity contribution in [1.82, 2.24) is 4.98 Å². The normalized spacial score (nSPS) is 20.8. The third-order valence-electron chi connectivity index (χ3n) is 5.06. The van der Waals surface area contributed by atoms with Crippen LogP contribution in [-0.4, -0.2) is 42.6 Å². The van der Waals surface area contributed by atoms with E-state index in [0.717, 1.165) is 11.3 Å². The van der Waals surface area contributed by atoms with Crippen molar-refractivity contribution in [2.75, 3.05) is 25.6 Å². The van der Waals surface area contributed by atoms with Crippen LogP contribution in [0.3, 0.4) is 0 Å². The largest absolute Gasteiger partial charge is 0.497 e. The third kappa shape index (κ3) is 5.37. The third-order valence-corrected chi connectivity index (χ3v) is 5.06. The number of carbonyl (C=O) groups excluding carboxylic acids is 1. The number of aliphatic hydroxyl groups is 1. The summed E-state index contributed by atoms with van der Waals surface area (Å²) >= 11 is 0. The van der Waals surface area contributed by atoms with Gasteiger partial charge in [-0.1, -0.05) is 12.1 Å². The van der Waals surface area contributed by atoms with Crippen molar-refractivity contribution >= 4 is 11.6 Å². The summed E-state index contributed by atoms with van der Waals surface area (Å²) in [5, 5.41) is 12.2. The number of rotatable bonds is 9. The zero-order valence-electron chi connectivity index (χ0n) is 17.3. The highest BCUT2D eigenvalue weighted by Gasteiger charge is 2.37. The maximum atomic E-state index is 12.9. The smallest absolute Gasteiger partial charge is 0.290 e. The number of amides is 1. The van der Waals surface area contributed by atoms with Crippen LogP contribution < -0.4 is 10.1 Å². The first-order valence-corrected chi connectivity index (χ1v) is 10.1. The SMILES string of the molecule is CCO[C@H]1OC(C(=O)Nc2cccnc2)=C[C@@H](c2ccc(OC)cc2)[C@@H]1CCCO. The van der Waals surface area contributed by atoms with Gasteiger partial charge in [-0.25, -0.2) is 0 Å². The van der Waals surface area contributed by atoms with E-state index in [9.17, 15) is 9.90 Å². The molecule has 3 rings (SSSR count). The summed E-state index contributed by atoms with van der Waals surface area (Å²) in [7, 11) is 1.62. The Bertz CT molecular complexity index is 838. The fourth-order valence-electron chi connectivity index (χ4n) is 3.60. The van der Waals surface area contributed by atoms with Gasteiger partial charge in [-0.05, 0) is 55.7 Å². The van der Waals surface area contributed by atoms with Crippen LogP contribution >= 0.6 is 0 Å². The van der Waals surface area contributed by atoms with Gasteiger partial charge in [0.25, 0.3) is 5.91 Å². The zero-order valence-corrected chi connectivity index (χ0v) is 17.3. The van der Waals surface area contributed by atoms with Crippen molar-refractivity contribution in [3.8, 4) is 5.75 Å². The number of pyridine rings is 1. The number of allylic oxidation sites excluding steroid dienone is 1. The Morgan fingerprint density at radius 3 is 2.70 bits per heavy atom. The van der Waals surface area contributed by atoms with Gasteiger partial charge in [0.1, 0.15) is 5.75 Å². The molecule has 0 unspecified atom stereocenters. The average molecular weight is 412 g/mol. The highest BCUT2D eigenvalue weighted by atomic mass is 16.7. The second-order valence-corrected chi connectivity index (χ2v) is 7.00.